The van der Waals surface area contributed by atoms with Crippen molar-refractivity contribution >= 4 is 15.9 Å². The molecule has 0 bridgehead atoms. The summed E-state index contributed by atoms with van der Waals surface area (Å²) in [7, 11) is 0. The number of hydrogen-bond donors (Lipinski definition) is 2. The molecular weight excluding hydrogens is 322 g/mol. The van der Waals surface area contributed by atoms with E-state index < -0.39 is 6.10 Å². The van der Waals surface area contributed by atoms with Crippen molar-refractivity contribution in [2.75, 3.05) is 19.8 Å². The Balaban J connectivity index is 2.43. The first-order valence-corrected chi connectivity index (χ1v) is 7.73. The van der Waals surface area contributed by atoms with Crippen molar-refractivity contribution < 1.29 is 14.6 Å². The summed E-state index contributed by atoms with van der Waals surface area (Å²) in [6, 6.07) is 5.95. The minimum absolute atomic E-state index is 0.113. The fraction of sp³-hybridized carbons (Fsp3) is 0.600. The topological polar surface area (TPSA) is 50.7 Å². The summed E-state index contributed by atoms with van der Waals surface area (Å²) in [6.45, 7) is 8.23. The van der Waals surface area contributed by atoms with Crippen LogP contribution in [0, 0.1) is 0 Å². The average molecular weight is 346 g/mol. The lowest BCUT2D eigenvalue weighted by molar-refractivity contribution is -0.0123. The van der Waals surface area contributed by atoms with E-state index in [1.54, 1.807) is 0 Å². The number of hydrogen-bond acceptors (Lipinski definition) is 4. The molecule has 1 aromatic carbocycles. The van der Waals surface area contributed by atoms with Crippen LogP contribution in [0.5, 0.6) is 5.75 Å². The van der Waals surface area contributed by atoms with Crippen molar-refractivity contribution in [2.45, 2.75) is 39.5 Å². The van der Waals surface area contributed by atoms with Gasteiger partial charge in [0.1, 0.15) is 18.5 Å². The molecule has 0 spiro atoms. The smallest absolute Gasteiger partial charge is 0.133 e. The first kappa shape index (κ1) is 17.4. The Labute approximate surface area is 129 Å². The minimum Gasteiger partial charge on any atom is -0.490 e. The lowest BCUT2D eigenvalue weighted by Crippen LogP contribution is -2.25. The van der Waals surface area contributed by atoms with E-state index >= 15 is 0 Å². The van der Waals surface area contributed by atoms with Gasteiger partial charge in [-0.1, -0.05) is 13.0 Å². The molecule has 1 aromatic rings. The molecule has 0 radical (unpaired) electrons. The molecule has 114 valence electrons. The summed E-state index contributed by atoms with van der Waals surface area (Å²) in [5, 5.41) is 13.0. The lowest BCUT2D eigenvalue weighted by atomic mass is 10.2. The summed E-state index contributed by atoms with van der Waals surface area (Å²) >= 11 is 3.49. The SMILES string of the molecule is CCNCc1ccc(OCC(O)COC(C)C)c(Br)c1. The molecule has 4 nitrogen and oxygen atoms in total. The van der Waals surface area contributed by atoms with E-state index in [1.807, 2.05) is 32.0 Å². The monoisotopic (exact) mass is 345 g/mol. The first-order valence-electron chi connectivity index (χ1n) is 6.94. The molecule has 20 heavy (non-hydrogen) atoms. The fourth-order valence-electron chi connectivity index (χ4n) is 1.58. The number of halogens is 1. The maximum absolute atomic E-state index is 9.75. The Bertz CT molecular complexity index is 399. The van der Waals surface area contributed by atoms with E-state index in [9.17, 15) is 5.11 Å². The summed E-state index contributed by atoms with van der Waals surface area (Å²) in [4.78, 5) is 0. The second kappa shape index (κ2) is 9.34. The van der Waals surface area contributed by atoms with Gasteiger partial charge in [-0.05, 0) is 54.0 Å². The van der Waals surface area contributed by atoms with Crippen LogP contribution in [0.15, 0.2) is 22.7 Å². The van der Waals surface area contributed by atoms with Gasteiger partial charge in [0.2, 0.25) is 0 Å². The molecule has 0 aromatic heterocycles. The van der Waals surface area contributed by atoms with Crippen LogP contribution in [-0.4, -0.2) is 37.1 Å². The highest BCUT2D eigenvalue weighted by molar-refractivity contribution is 9.10. The van der Waals surface area contributed by atoms with E-state index in [2.05, 4.69) is 28.2 Å². The molecule has 0 aliphatic heterocycles. The molecule has 1 atom stereocenters. The predicted molar refractivity (Wildman–Crippen MR) is 84.1 cm³/mol. The Morgan fingerprint density at radius 2 is 2.05 bits per heavy atom. The minimum atomic E-state index is -0.620. The zero-order valence-electron chi connectivity index (χ0n) is 12.4. The van der Waals surface area contributed by atoms with Crippen molar-refractivity contribution in [1.82, 2.24) is 5.32 Å². The summed E-state index contributed by atoms with van der Waals surface area (Å²) in [5.41, 5.74) is 1.19. The van der Waals surface area contributed by atoms with Gasteiger partial charge in [-0.3, -0.25) is 0 Å². The summed E-state index contributed by atoms with van der Waals surface area (Å²) in [5.74, 6) is 0.730. The highest BCUT2D eigenvalue weighted by Crippen LogP contribution is 2.26. The first-order chi connectivity index (χ1) is 9.52. The molecular formula is C15H24BrNO3. The normalized spacial score (nSPS) is 12.7. The van der Waals surface area contributed by atoms with Crippen molar-refractivity contribution in [1.29, 1.82) is 0 Å². The molecule has 2 N–H and O–H groups in total. The van der Waals surface area contributed by atoms with Gasteiger partial charge in [-0.15, -0.1) is 0 Å². The number of aliphatic hydroxyl groups excluding tert-OH is 1. The Morgan fingerprint density at radius 3 is 2.65 bits per heavy atom. The van der Waals surface area contributed by atoms with Crippen LogP contribution in [0.4, 0.5) is 0 Å². The summed E-state index contributed by atoms with van der Waals surface area (Å²) in [6.07, 6.45) is -0.507. The zero-order chi connectivity index (χ0) is 15.0. The van der Waals surface area contributed by atoms with Crippen LogP contribution in [0.2, 0.25) is 0 Å². The van der Waals surface area contributed by atoms with Gasteiger partial charge in [0.05, 0.1) is 17.2 Å². The van der Waals surface area contributed by atoms with E-state index in [0.717, 1.165) is 23.3 Å². The van der Waals surface area contributed by atoms with Gasteiger partial charge in [-0.25, -0.2) is 0 Å². The summed E-state index contributed by atoms with van der Waals surface area (Å²) < 4.78 is 11.8. The third-order valence-electron chi connectivity index (χ3n) is 2.63. The van der Waals surface area contributed by atoms with Crippen LogP contribution < -0.4 is 10.1 Å². The van der Waals surface area contributed by atoms with Crippen LogP contribution in [0.1, 0.15) is 26.3 Å². The van der Waals surface area contributed by atoms with Crippen LogP contribution in [0.25, 0.3) is 0 Å². The Hall–Kier alpha value is -0.620. The van der Waals surface area contributed by atoms with Crippen LogP contribution >= 0.6 is 15.9 Å². The number of aliphatic hydroxyl groups is 1. The van der Waals surface area contributed by atoms with E-state index in [4.69, 9.17) is 9.47 Å². The van der Waals surface area contributed by atoms with E-state index in [-0.39, 0.29) is 19.3 Å². The molecule has 0 amide bonds. The third kappa shape index (κ3) is 6.70. The molecule has 1 unspecified atom stereocenters. The quantitative estimate of drug-likeness (QED) is 0.722. The van der Waals surface area contributed by atoms with Gasteiger partial charge in [0.25, 0.3) is 0 Å². The molecule has 0 aliphatic rings. The number of rotatable bonds is 9. The second-order valence-corrected chi connectivity index (χ2v) is 5.75. The molecule has 1 rings (SSSR count). The van der Waals surface area contributed by atoms with Gasteiger partial charge < -0.3 is 19.9 Å². The third-order valence-corrected chi connectivity index (χ3v) is 3.25. The van der Waals surface area contributed by atoms with E-state index in [0.29, 0.717) is 0 Å². The average Bonchev–Trinajstić information content (AvgIpc) is 2.41. The van der Waals surface area contributed by atoms with Crippen LogP contribution in [0.3, 0.4) is 0 Å². The van der Waals surface area contributed by atoms with Crippen molar-refractivity contribution in [3.8, 4) is 5.75 Å². The van der Waals surface area contributed by atoms with Gasteiger partial charge in [-0.2, -0.15) is 0 Å². The van der Waals surface area contributed by atoms with Gasteiger partial charge in [0, 0.05) is 6.54 Å². The van der Waals surface area contributed by atoms with Crippen molar-refractivity contribution in [2.24, 2.45) is 0 Å². The molecule has 0 saturated heterocycles. The standard InChI is InChI=1S/C15H24BrNO3/c1-4-17-8-12-5-6-15(14(16)7-12)20-10-13(18)9-19-11(2)3/h5-7,11,13,17-18H,4,8-10H2,1-3H3. The number of benzene rings is 1. The number of nitrogens with one attached hydrogen (secondary N) is 1. The zero-order valence-corrected chi connectivity index (χ0v) is 13.9. The number of ether oxygens (including phenoxy) is 2. The molecule has 0 heterocycles. The van der Waals surface area contributed by atoms with E-state index in [1.165, 1.54) is 5.56 Å². The Morgan fingerprint density at radius 1 is 1.30 bits per heavy atom. The second-order valence-electron chi connectivity index (χ2n) is 4.89. The molecule has 0 fully saturated rings. The lowest BCUT2D eigenvalue weighted by Gasteiger charge is -2.15. The van der Waals surface area contributed by atoms with Crippen LogP contribution in [-0.2, 0) is 11.3 Å². The Kier molecular flexibility index (Phi) is 8.14. The maximum Gasteiger partial charge on any atom is 0.133 e. The fourth-order valence-corrected chi connectivity index (χ4v) is 2.12. The molecule has 0 saturated carbocycles. The maximum atomic E-state index is 9.75. The predicted octanol–water partition coefficient (Wildman–Crippen LogP) is 2.72. The molecule has 5 heteroatoms. The van der Waals surface area contributed by atoms with Gasteiger partial charge >= 0.3 is 0 Å². The largest absolute Gasteiger partial charge is 0.490 e. The highest BCUT2D eigenvalue weighted by atomic mass is 79.9. The van der Waals surface area contributed by atoms with Crippen molar-refractivity contribution in [3.63, 3.8) is 0 Å². The van der Waals surface area contributed by atoms with Crippen molar-refractivity contribution in [3.05, 3.63) is 28.2 Å². The highest BCUT2D eigenvalue weighted by Gasteiger charge is 2.09. The molecule has 0 aliphatic carbocycles. The van der Waals surface area contributed by atoms with Gasteiger partial charge in [0.15, 0.2) is 0 Å².